The monoisotopic (exact) mass is 395 g/mol. The van der Waals surface area contributed by atoms with Crippen molar-refractivity contribution < 1.29 is 9.47 Å². The van der Waals surface area contributed by atoms with E-state index in [0.717, 1.165) is 92.3 Å². The summed E-state index contributed by atoms with van der Waals surface area (Å²) >= 11 is 0. The van der Waals surface area contributed by atoms with Crippen molar-refractivity contribution >= 4 is 0 Å². The smallest absolute Gasteiger partial charge is 0.254 e. The minimum Gasteiger partial charge on any atom is -0.493 e. The first-order chi connectivity index (χ1) is 14.1. The fourth-order valence-electron chi connectivity index (χ4n) is 5.30. The number of likely N-dealkylation sites (tertiary alicyclic amines) is 1. The van der Waals surface area contributed by atoms with Crippen molar-refractivity contribution in [2.45, 2.75) is 56.4 Å². The Hall–Kier alpha value is -2.34. The van der Waals surface area contributed by atoms with Gasteiger partial charge in [-0.3, -0.25) is 9.69 Å². The Labute approximate surface area is 171 Å². The predicted molar refractivity (Wildman–Crippen MR) is 111 cm³/mol. The summed E-state index contributed by atoms with van der Waals surface area (Å²) in [6.45, 7) is 2.81. The third kappa shape index (κ3) is 3.23. The number of nitrogens with zero attached hydrogens (tertiary/aromatic N) is 2. The fraction of sp³-hybridized carbons (Fsp3) is 0.565. The molecule has 5 rings (SSSR count). The van der Waals surface area contributed by atoms with Crippen LogP contribution in [0.2, 0.25) is 0 Å². The van der Waals surface area contributed by atoms with E-state index >= 15 is 0 Å². The van der Waals surface area contributed by atoms with E-state index in [-0.39, 0.29) is 11.0 Å². The van der Waals surface area contributed by atoms with Gasteiger partial charge in [-0.05, 0) is 51.1 Å². The van der Waals surface area contributed by atoms with E-state index in [1.807, 2.05) is 12.1 Å². The summed E-state index contributed by atoms with van der Waals surface area (Å²) < 4.78 is 11.1. The molecule has 2 heterocycles. The van der Waals surface area contributed by atoms with Crippen molar-refractivity contribution in [3.05, 3.63) is 51.2 Å². The molecule has 0 radical (unpaired) electrons. The molecular weight excluding hydrogens is 366 g/mol. The van der Waals surface area contributed by atoms with Gasteiger partial charge >= 0.3 is 0 Å². The zero-order valence-electron chi connectivity index (χ0n) is 17.3. The highest BCUT2D eigenvalue weighted by molar-refractivity contribution is 5.46. The van der Waals surface area contributed by atoms with Crippen LogP contribution in [-0.4, -0.2) is 42.2 Å². The maximum absolute atomic E-state index is 12.7. The Kier molecular flexibility index (Phi) is 4.62. The van der Waals surface area contributed by atoms with Gasteiger partial charge < -0.3 is 14.5 Å². The molecule has 1 unspecified atom stereocenters. The van der Waals surface area contributed by atoms with Gasteiger partial charge in [0, 0.05) is 35.5 Å². The molecule has 1 spiro atoms. The first-order valence-electron chi connectivity index (χ1n) is 10.7. The molecule has 0 amide bonds. The maximum atomic E-state index is 12.7. The van der Waals surface area contributed by atoms with Crippen molar-refractivity contribution in [1.29, 1.82) is 0 Å². The number of aromatic nitrogens is 2. The number of H-pyrrole nitrogens is 1. The van der Waals surface area contributed by atoms with Gasteiger partial charge in [-0.1, -0.05) is 12.1 Å². The van der Waals surface area contributed by atoms with E-state index in [1.54, 1.807) is 14.2 Å². The van der Waals surface area contributed by atoms with Crippen LogP contribution in [0.3, 0.4) is 0 Å². The number of hydrogen-bond donors (Lipinski definition) is 1. The van der Waals surface area contributed by atoms with Crippen molar-refractivity contribution in [1.82, 2.24) is 14.9 Å². The second-order valence-corrected chi connectivity index (χ2v) is 8.80. The van der Waals surface area contributed by atoms with E-state index in [9.17, 15) is 4.79 Å². The molecule has 0 bridgehead atoms. The molecule has 1 atom stereocenters. The number of ether oxygens (including phenoxy) is 2. The number of piperidine rings is 1. The van der Waals surface area contributed by atoms with Gasteiger partial charge in [-0.2, -0.15) is 0 Å². The zero-order valence-corrected chi connectivity index (χ0v) is 17.3. The lowest BCUT2D eigenvalue weighted by molar-refractivity contribution is 0.135. The molecule has 29 heavy (non-hydrogen) atoms. The molecule has 1 aromatic carbocycles. The van der Waals surface area contributed by atoms with E-state index in [2.05, 4.69) is 16.0 Å². The lowest BCUT2D eigenvalue weighted by Gasteiger charge is -2.40. The Morgan fingerprint density at radius 2 is 2.10 bits per heavy atom. The van der Waals surface area contributed by atoms with Crippen molar-refractivity contribution in [3.63, 3.8) is 0 Å². The molecule has 1 aromatic heterocycles. The van der Waals surface area contributed by atoms with Gasteiger partial charge in [0.05, 0.1) is 19.9 Å². The molecule has 2 fully saturated rings. The van der Waals surface area contributed by atoms with Crippen molar-refractivity contribution in [3.8, 4) is 11.5 Å². The summed E-state index contributed by atoms with van der Waals surface area (Å²) in [6.07, 6.45) is 6.41. The molecular formula is C23H29N3O3. The first kappa shape index (κ1) is 18.7. The van der Waals surface area contributed by atoms with Crippen LogP contribution in [0.15, 0.2) is 23.0 Å². The van der Waals surface area contributed by atoms with Crippen molar-refractivity contribution in [2.75, 3.05) is 27.3 Å². The Morgan fingerprint density at radius 3 is 2.86 bits per heavy atom. The van der Waals surface area contributed by atoms with Crippen LogP contribution in [0.25, 0.3) is 0 Å². The van der Waals surface area contributed by atoms with Crippen LogP contribution < -0.4 is 15.0 Å². The number of para-hydroxylation sites is 1. The third-order valence-electron chi connectivity index (χ3n) is 6.89. The standard InChI is InChI=1S/C23H29N3O3/c1-28-18-6-3-5-16(19(18)29-2)13-26-12-4-10-23(14-26)11-9-17-20(23)24-21(15-7-8-15)25-22(17)27/h3,5-6,15H,4,7-14H2,1-2H3,(H,24,25,27). The van der Waals surface area contributed by atoms with Crippen LogP contribution in [0, 0.1) is 0 Å². The number of hydrogen-bond acceptors (Lipinski definition) is 5. The van der Waals surface area contributed by atoms with Gasteiger partial charge in [0.25, 0.3) is 5.56 Å². The predicted octanol–water partition coefficient (Wildman–Crippen LogP) is 3.14. The molecule has 1 N–H and O–H groups in total. The van der Waals surface area contributed by atoms with Gasteiger partial charge in [-0.25, -0.2) is 4.98 Å². The number of aromatic amines is 1. The number of fused-ring (bicyclic) bond motifs is 2. The molecule has 1 aliphatic heterocycles. The number of rotatable bonds is 5. The summed E-state index contributed by atoms with van der Waals surface area (Å²) in [7, 11) is 3.37. The molecule has 3 aliphatic rings. The van der Waals surface area contributed by atoms with Crippen LogP contribution in [0.5, 0.6) is 11.5 Å². The van der Waals surface area contributed by atoms with Gasteiger partial charge in [0.15, 0.2) is 11.5 Å². The van der Waals surface area contributed by atoms with E-state index in [1.165, 1.54) is 0 Å². The quantitative estimate of drug-likeness (QED) is 0.842. The van der Waals surface area contributed by atoms with Gasteiger partial charge in [0.2, 0.25) is 0 Å². The number of methoxy groups -OCH3 is 2. The van der Waals surface area contributed by atoms with Crippen LogP contribution in [-0.2, 0) is 18.4 Å². The average Bonchev–Trinajstić information content (AvgIpc) is 3.53. The summed E-state index contributed by atoms with van der Waals surface area (Å²) in [6, 6.07) is 6.06. The second-order valence-electron chi connectivity index (χ2n) is 8.80. The minimum atomic E-state index is 0.0115. The Balaban J connectivity index is 1.44. The molecule has 1 saturated heterocycles. The minimum absolute atomic E-state index is 0.0115. The first-order valence-corrected chi connectivity index (χ1v) is 10.7. The molecule has 2 aliphatic carbocycles. The normalized spacial score (nSPS) is 23.9. The molecule has 154 valence electrons. The molecule has 1 saturated carbocycles. The summed E-state index contributed by atoms with van der Waals surface area (Å²) in [4.78, 5) is 23.3. The number of nitrogens with one attached hydrogen (secondary N) is 1. The highest BCUT2D eigenvalue weighted by Gasteiger charge is 2.45. The lowest BCUT2D eigenvalue weighted by Crippen LogP contribution is -2.45. The van der Waals surface area contributed by atoms with Crippen LogP contribution in [0.4, 0.5) is 0 Å². The summed E-state index contributed by atoms with van der Waals surface area (Å²) in [5.41, 5.74) is 3.26. The van der Waals surface area contributed by atoms with E-state index in [0.29, 0.717) is 5.92 Å². The van der Waals surface area contributed by atoms with Crippen molar-refractivity contribution in [2.24, 2.45) is 0 Å². The van der Waals surface area contributed by atoms with Crippen LogP contribution in [0.1, 0.15) is 60.7 Å². The topological polar surface area (TPSA) is 67.5 Å². The Morgan fingerprint density at radius 1 is 1.24 bits per heavy atom. The van der Waals surface area contributed by atoms with Gasteiger partial charge in [0.1, 0.15) is 5.82 Å². The largest absolute Gasteiger partial charge is 0.493 e. The molecule has 2 aromatic rings. The highest BCUT2D eigenvalue weighted by atomic mass is 16.5. The SMILES string of the molecule is COc1cccc(CN2CCCC3(CCc4c3nc(C3CC3)[nH]c4=O)C2)c1OC. The molecule has 6 nitrogen and oxygen atoms in total. The van der Waals surface area contributed by atoms with E-state index < -0.39 is 0 Å². The lowest BCUT2D eigenvalue weighted by atomic mass is 9.77. The maximum Gasteiger partial charge on any atom is 0.254 e. The fourth-order valence-corrected chi connectivity index (χ4v) is 5.30. The summed E-state index contributed by atoms with van der Waals surface area (Å²) in [5.74, 6) is 2.96. The van der Waals surface area contributed by atoms with Crippen LogP contribution >= 0.6 is 0 Å². The highest BCUT2D eigenvalue weighted by Crippen LogP contribution is 2.45. The summed E-state index contributed by atoms with van der Waals surface area (Å²) in [5, 5.41) is 0. The molecule has 6 heteroatoms. The average molecular weight is 396 g/mol. The zero-order chi connectivity index (χ0) is 20.0. The van der Waals surface area contributed by atoms with E-state index in [4.69, 9.17) is 14.5 Å². The van der Waals surface area contributed by atoms with Gasteiger partial charge in [-0.15, -0.1) is 0 Å². The Bertz CT molecular complexity index is 982. The number of benzene rings is 1. The second kappa shape index (κ2) is 7.17. The third-order valence-corrected chi connectivity index (χ3v) is 6.89.